The molecule has 26 heavy (non-hydrogen) atoms. The summed E-state index contributed by atoms with van der Waals surface area (Å²) in [6.07, 6.45) is 0. The number of ether oxygens (including phenoxy) is 1. The Balaban J connectivity index is 1.98. The molecule has 0 aliphatic carbocycles. The van der Waals surface area contributed by atoms with Crippen molar-refractivity contribution in [3.05, 3.63) is 77.4 Å². The number of rotatable bonds is 4. The topological polar surface area (TPSA) is 57.2 Å². The van der Waals surface area contributed by atoms with Crippen LogP contribution >= 0.6 is 0 Å². The molecule has 0 unspecified atom stereocenters. The Morgan fingerprint density at radius 3 is 2.62 bits per heavy atom. The maximum Gasteiger partial charge on any atom is 0.249 e. The first-order chi connectivity index (χ1) is 12.6. The Labute approximate surface area is 151 Å². The van der Waals surface area contributed by atoms with Crippen LogP contribution in [0, 0.1) is 13.0 Å². The van der Waals surface area contributed by atoms with Gasteiger partial charge in [-0.3, -0.25) is 4.79 Å². The molecule has 2 N–H and O–H groups in total. The lowest BCUT2D eigenvalue weighted by Crippen LogP contribution is -2.11. The fraction of sp³-hybridized carbons (Fsp3) is 0.136. The average molecular weight is 343 g/mol. The van der Waals surface area contributed by atoms with Crippen LogP contribution in [0.3, 0.4) is 0 Å². The maximum absolute atomic E-state index is 11.9. The molecule has 0 spiro atoms. The van der Waals surface area contributed by atoms with Gasteiger partial charge in [-0.1, -0.05) is 24.3 Å². The van der Waals surface area contributed by atoms with Crippen LogP contribution in [0.1, 0.15) is 21.5 Å². The summed E-state index contributed by atoms with van der Waals surface area (Å²) in [5.74, 6) is 0.407. The zero-order valence-electron chi connectivity index (χ0n) is 14.7. The second-order valence-electron chi connectivity index (χ2n) is 6.44. The summed E-state index contributed by atoms with van der Waals surface area (Å²) in [6.45, 7) is 2.73. The van der Waals surface area contributed by atoms with Crippen molar-refractivity contribution in [3.63, 3.8) is 0 Å². The van der Waals surface area contributed by atoms with Gasteiger partial charge >= 0.3 is 0 Å². The number of amides is 1. The summed E-state index contributed by atoms with van der Waals surface area (Å²) in [6, 6.07) is 21.1. The predicted octanol–water partition coefficient (Wildman–Crippen LogP) is 4.06. The molecule has 0 saturated heterocycles. The highest BCUT2D eigenvalue weighted by Gasteiger charge is 2.16. The van der Waals surface area contributed by atoms with Crippen molar-refractivity contribution in [3.8, 4) is 5.75 Å². The quantitative estimate of drug-likeness (QED) is 0.607. The number of benzene rings is 3. The maximum atomic E-state index is 11.9. The lowest BCUT2D eigenvalue weighted by Gasteiger charge is -2.09. The fourth-order valence-corrected chi connectivity index (χ4v) is 3.45. The van der Waals surface area contributed by atoms with Crippen LogP contribution in [-0.4, -0.2) is 17.6 Å². The van der Waals surface area contributed by atoms with Crippen LogP contribution in [0.4, 0.5) is 0 Å². The van der Waals surface area contributed by atoms with Gasteiger partial charge in [0.05, 0.1) is 18.1 Å². The zero-order valence-corrected chi connectivity index (χ0v) is 14.7. The van der Waals surface area contributed by atoms with E-state index in [2.05, 4.69) is 16.7 Å². The normalized spacial score (nSPS) is 11.2. The van der Waals surface area contributed by atoms with Crippen molar-refractivity contribution in [2.45, 2.75) is 13.5 Å². The van der Waals surface area contributed by atoms with Gasteiger partial charge < -0.3 is 15.0 Å². The molecule has 0 bridgehead atoms. The summed E-state index contributed by atoms with van der Waals surface area (Å²) in [5, 5.41) is 1.79. The third-order valence-corrected chi connectivity index (χ3v) is 4.70. The van der Waals surface area contributed by atoms with Crippen LogP contribution < -0.4 is 10.5 Å². The zero-order chi connectivity index (χ0) is 18.3. The highest BCUT2D eigenvalue weighted by molar-refractivity contribution is 6.17. The van der Waals surface area contributed by atoms with Crippen molar-refractivity contribution in [1.29, 1.82) is 0 Å². The van der Waals surface area contributed by atoms with Gasteiger partial charge in [-0.05, 0) is 54.4 Å². The van der Waals surface area contributed by atoms with Crippen molar-refractivity contribution >= 4 is 27.7 Å². The van der Waals surface area contributed by atoms with Gasteiger partial charge in [0.15, 0.2) is 0 Å². The number of nitrogens with two attached hydrogens (primary N) is 1. The third-order valence-electron chi connectivity index (χ3n) is 4.70. The number of carbonyl (C=O) groups excluding carboxylic acids is 1. The van der Waals surface area contributed by atoms with E-state index in [4.69, 9.17) is 10.5 Å². The van der Waals surface area contributed by atoms with E-state index in [1.54, 1.807) is 13.2 Å². The number of fused-ring (bicyclic) bond motifs is 3. The van der Waals surface area contributed by atoms with Crippen LogP contribution in [0.2, 0.25) is 0 Å². The van der Waals surface area contributed by atoms with E-state index >= 15 is 0 Å². The Bertz CT molecular complexity index is 1120. The van der Waals surface area contributed by atoms with E-state index < -0.39 is 5.91 Å². The van der Waals surface area contributed by atoms with E-state index in [0.29, 0.717) is 12.1 Å². The lowest BCUT2D eigenvalue weighted by molar-refractivity contribution is 0.100. The second kappa shape index (κ2) is 6.23. The SMILES string of the molecule is COc1ccc(Cn2c3cc(C)c[c]c3c3c(C(N)=O)cccc32)cc1. The van der Waals surface area contributed by atoms with Crippen LogP contribution in [0.5, 0.6) is 5.75 Å². The molecule has 1 radical (unpaired) electrons. The molecular formula is C22H19N2O2. The minimum absolute atomic E-state index is 0.423. The average Bonchev–Trinajstić information content (AvgIpc) is 2.95. The molecule has 0 fully saturated rings. The molecule has 4 nitrogen and oxygen atoms in total. The van der Waals surface area contributed by atoms with Crippen LogP contribution in [0.15, 0.2) is 54.6 Å². The Morgan fingerprint density at radius 2 is 1.92 bits per heavy atom. The van der Waals surface area contributed by atoms with Gasteiger partial charge in [0.1, 0.15) is 5.75 Å². The Kier molecular flexibility index (Phi) is 3.88. The number of hydrogen-bond donors (Lipinski definition) is 1. The molecule has 0 aliphatic heterocycles. The molecule has 4 aromatic rings. The largest absolute Gasteiger partial charge is 0.497 e. The monoisotopic (exact) mass is 343 g/mol. The summed E-state index contributed by atoms with van der Waals surface area (Å²) < 4.78 is 7.45. The van der Waals surface area contributed by atoms with Gasteiger partial charge in [0.2, 0.25) is 5.91 Å². The molecule has 0 saturated carbocycles. The van der Waals surface area contributed by atoms with E-state index in [-0.39, 0.29) is 0 Å². The Hall–Kier alpha value is -3.27. The number of aryl methyl sites for hydroxylation is 1. The molecule has 3 aromatic carbocycles. The molecule has 129 valence electrons. The number of nitrogens with zero attached hydrogens (tertiary/aromatic N) is 1. The van der Waals surface area contributed by atoms with Gasteiger partial charge in [-0.15, -0.1) is 0 Å². The fourth-order valence-electron chi connectivity index (χ4n) is 3.45. The van der Waals surface area contributed by atoms with E-state index in [1.165, 1.54) is 0 Å². The molecule has 4 heteroatoms. The molecule has 4 rings (SSSR count). The van der Waals surface area contributed by atoms with Crippen LogP contribution in [-0.2, 0) is 6.54 Å². The van der Waals surface area contributed by atoms with Crippen LogP contribution in [0.25, 0.3) is 21.8 Å². The van der Waals surface area contributed by atoms with E-state index in [9.17, 15) is 4.79 Å². The molecular weight excluding hydrogens is 324 g/mol. The van der Waals surface area contributed by atoms with Gasteiger partial charge in [0, 0.05) is 22.9 Å². The van der Waals surface area contributed by atoms with E-state index in [1.807, 2.05) is 49.4 Å². The first-order valence-electron chi connectivity index (χ1n) is 8.44. The van der Waals surface area contributed by atoms with Crippen molar-refractivity contribution in [2.24, 2.45) is 5.73 Å². The van der Waals surface area contributed by atoms with E-state index in [0.717, 1.165) is 38.7 Å². The number of primary amides is 1. The third kappa shape index (κ3) is 2.60. The molecule has 0 atom stereocenters. The predicted molar refractivity (Wildman–Crippen MR) is 104 cm³/mol. The summed E-state index contributed by atoms with van der Waals surface area (Å²) in [5.41, 5.74) is 10.4. The van der Waals surface area contributed by atoms with Crippen molar-refractivity contribution < 1.29 is 9.53 Å². The Morgan fingerprint density at radius 1 is 1.15 bits per heavy atom. The lowest BCUT2D eigenvalue weighted by atomic mass is 10.1. The number of hydrogen-bond acceptors (Lipinski definition) is 2. The van der Waals surface area contributed by atoms with Crippen molar-refractivity contribution in [2.75, 3.05) is 7.11 Å². The van der Waals surface area contributed by atoms with Gasteiger partial charge in [0.25, 0.3) is 0 Å². The summed E-state index contributed by atoms with van der Waals surface area (Å²) >= 11 is 0. The highest BCUT2D eigenvalue weighted by Crippen LogP contribution is 2.32. The number of carbonyl (C=O) groups is 1. The van der Waals surface area contributed by atoms with Gasteiger partial charge in [-0.25, -0.2) is 0 Å². The summed E-state index contributed by atoms with van der Waals surface area (Å²) in [7, 11) is 1.66. The number of aromatic nitrogens is 1. The minimum atomic E-state index is -0.423. The minimum Gasteiger partial charge on any atom is -0.497 e. The highest BCUT2D eigenvalue weighted by atomic mass is 16.5. The number of methoxy groups -OCH3 is 1. The molecule has 0 aliphatic rings. The molecule has 1 amide bonds. The molecule has 1 aromatic heterocycles. The van der Waals surface area contributed by atoms with Crippen molar-refractivity contribution in [1.82, 2.24) is 4.57 Å². The van der Waals surface area contributed by atoms with Gasteiger partial charge in [-0.2, -0.15) is 0 Å². The first-order valence-corrected chi connectivity index (χ1v) is 8.44. The summed E-state index contributed by atoms with van der Waals surface area (Å²) in [4.78, 5) is 11.9. The first kappa shape index (κ1) is 16.2. The standard InChI is InChI=1S/C22H19N2O2/c1-14-6-11-17-20(12-14)24(13-15-7-9-16(26-2)10-8-15)19-5-3-4-18(21(17)19)22(23)25/h3-10,12H,13H2,1-2H3,(H2,23,25). The molecule has 1 heterocycles. The second-order valence-corrected chi connectivity index (χ2v) is 6.44. The smallest absolute Gasteiger partial charge is 0.249 e.